The quantitative estimate of drug-likeness (QED) is 0.531. The van der Waals surface area contributed by atoms with E-state index in [0.717, 1.165) is 40.7 Å². The number of halogens is 3. The van der Waals surface area contributed by atoms with E-state index in [2.05, 4.69) is 0 Å². The number of alkyl halides is 3. The second kappa shape index (κ2) is 10.8. The van der Waals surface area contributed by atoms with Crippen molar-refractivity contribution in [1.82, 2.24) is 9.80 Å². The number of nitrogens with zero attached hydrogens (tertiary/aromatic N) is 2. The van der Waals surface area contributed by atoms with Gasteiger partial charge in [0.15, 0.2) is 0 Å². The van der Waals surface area contributed by atoms with Gasteiger partial charge in [0, 0.05) is 51.3 Å². The van der Waals surface area contributed by atoms with E-state index in [1.54, 1.807) is 15.9 Å². The van der Waals surface area contributed by atoms with Gasteiger partial charge in [-0.2, -0.15) is 13.2 Å². The first-order chi connectivity index (χ1) is 17.8. The minimum Gasteiger partial charge on any atom is -0.457 e. The van der Waals surface area contributed by atoms with E-state index in [0.29, 0.717) is 38.2 Å². The number of hydrogen-bond donors (Lipinski definition) is 0. The second-order valence-corrected chi connectivity index (χ2v) is 11.8. The van der Waals surface area contributed by atoms with E-state index in [1.807, 2.05) is 12.1 Å². The standard InChI is InChI=1S/C27H29F3N2O5S/c1-18(33)31-13-10-20(11-14-31)26-23-17-32(25(34)12-16-38(2,35)36)15-9-19(23)3-8-24(26)37-22-6-4-21(5-7-22)27(28,29)30/h3-8,10H,9,11-17H2,1-2H3. The van der Waals surface area contributed by atoms with Gasteiger partial charge >= 0.3 is 6.18 Å². The van der Waals surface area contributed by atoms with Crippen molar-refractivity contribution in [3.05, 3.63) is 64.7 Å². The molecule has 2 aliphatic rings. The molecule has 0 saturated carbocycles. The molecule has 0 fully saturated rings. The molecule has 0 bridgehead atoms. The fourth-order valence-corrected chi connectivity index (χ4v) is 5.26. The summed E-state index contributed by atoms with van der Waals surface area (Å²) in [5.41, 5.74) is 2.77. The molecule has 0 saturated heterocycles. The van der Waals surface area contributed by atoms with Crippen LogP contribution in [0.5, 0.6) is 11.5 Å². The zero-order chi connectivity index (χ0) is 27.7. The van der Waals surface area contributed by atoms with Crippen LogP contribution in [-0.2, 0) is 38.6 Å². The molecule has 4 rings (SSSR count). The van der Waals surface area contributed by atoms with E-state index in [1.165, 1.54) is 19.1 Å². The Morgan fingerprint density at radius 2 is 1.68 bits per heavy atom. The second-order valence-electron chi connectivity index (χ2n) is 9.59. The number of sulfone groups is 1. The summed E-state index contributed by atoms with van der Waals surface area (Å²) in [5, 5.41) is 0. The van der Waals surface area contributed by atoms with Crippen LogP contribution in [0.15, 0.2) is 42.5 Å². The fraction of sp³-hybridized carbons (Fsp3) is 0.407. The predicted octanol–water partition coefficient (Wildman–Crippen LogP) is 4.45. The topological polar surface area (TPSA) is 84.0 Å². The summed E-state index contributed by atoms with van der Waals surface area (Å²) in [6.07, 6.45) is -0.430. The molecule has 7 nitrogen and oxygen atoms in total. The molecule has 2 amide bonds. The van der Waals surface area contributed by atoms with Crippen LogP contribution in [0.1, 0.15) is 42.0 Å². The third kappa shape index (κ3) is 6.56. The Balaban J connectivity index is 1.69. The van der Waals surface area contributed by atoms with Crippen LogP contribution in [0.3, 0.4) is 0 Å². The first-order valence-electron chi connectivity index (χ1n) is 12.2. The van der Waals surface area contributed by atoms with Crippen LogP contribution in [0, 0.1) is 0 Å². The van der Waals surface area contributed by atoms with Crippen LogP contribution in [0.4, 0.5) is 13.2 Å². The summed E-state index contributed by atoms with van der Waals surface area (Å²) in [4.78, 5) is 28.0. The van der Waals surface area contributed by atoms with Gasteiger partial charge in [0.2, 0.25) is 11.8 Å². The number of rotatable bonds is 6. The van der Waals surface area contributed by atoms with E-state index in [9.17, 15) is 31.2 Å². The minimum absolute atomic E-state index is 0.0423. The first-order valence-corrected chi connectivity index (χ1v) is 14.3. The third-order valence-electron chi connectivity index (χ3n) is 6.80. The van der Waals surface area contributed by atoms with Gasteiger partial charge in [-0.3, -0.25) is 9.59 Å². The molecule has 2 aromatic carbocycles. The number of fused-ring (bicyclic) bond motifs is 1. The Kier molecular flexibility index (Phi) is 7.87. The smallest absolute Gasteiger partial charge is 0.416 e. The monoisotopic (exact) mass is 550 g/mol. The van der Waals surface area contributed by atoms with Crippen LogP contribution >= 0.6 is 0 Å². The molecular weight excluding hydrogens is 521 g/mol. The van der Waals surface area contributed by atoms with Gasteiger partial charge in [-0.1, -0.05) is 12.1 Å². The molecule has 2 aliphatic heterocycles. The van der Waals surface area contributed by atoms with Gasteiger partial charge in [-0.15, -0.1) is 0 Å². The highest BCUT2D eigenvalue weighted by molar-refractivity contribution is 7.90. The lowest BCUT2D eigenvalue weighted by Crippen LogP contribution is -2.37. The Bertz CT molecular complexity index is 1370. The Morgan fingerprint density at radius 1 is 1.00 bits per heavy atom. The first kappa shape index (κ1) is 27.7. The van der Waals surface area contributed by atoms with Crippen LogP contribution < -0.4 is 4.74 Å². The molecule has 2 aromatic rings. The van der Waals surface area contributed by atoms with Crippen LogP contribution in [0.25, 0.3) is 5.57 Å². The van der Waals surface area contributed by atoms with Crippen molar-refractivity contribution in [3.8, 4) is 11.5 Å². The number of carbonyl (C=O) groups is 2. The molecule has 0 aromatic heterocycles. The Labute approximate surface area is 219 Å². The van der Waals surface area contributed by atoms with E-state index in [-0.39, 0.29) is 36.3 Å². The van der Waals surface area contributed by atoms with Crippen molar-refractivity contribution in [1.29, 1.82) is 0 Å². The number of hydrogen-bond acceptors (Lipinski definition) is 5. The zero-order valence-electron chi connectivity index (χ0n) is 21.2. The van der Waals surface area contributed by atoms with Crippen LogP contribution in [0.2, 0.25) is 0 Å². The average Bonchev–Trinajstić information content (AvgIpc) is 2.86. The molecular formula is C27H29F3N2O5S. The summed E-state index contributed by atoms with van der Waals surface area (Å²) in [6.45, 7) is 3.12. The van der Waals surface area contributed by atoms with Gasteiger partial charge in [0.25, 0.3) is 0 Å². The van der Waals surface area contributed by atoms with E-state index < -0.39 is 21.6 Å². The molecule has 38 heavy (non-hydrogen) atoms. The molecule has 0 atom stereocenters. The summed E-state index contributed by atoms with van der Waals surface area (Å²) >= 11 is 0. The predicted molar refractivity (Wildman–Crippen MR) is 136 cm³/mol. The minimum atomic E-state index is -4.46. The van der Waals surface area contributed by atoms with Crippen molar-refractivity contribution in [2.75, 3.05) is 31.6 Å². The molecule has 204 valence electrons. The van der Waals surface area contributed by atoms with Gasteiger partial charge in [-0.25, -0.2) is 8.42 Å². The normalized spacial score (nSPS) is 16.1. The van der Waals surface area contributed by atoms with Crippen molar-refractivity contribution in [3.63, 3.8) is 0 Å². The summed E-state index contributed by atoms with van der Waals surface area (Å²) in [5.74, 6) is 0.139. The fourth-order valence-electron chi connectivity index (χ4n) is 4.71. The van der Waals surface area contributed by atoms with Gasteiger partial charge in [-0.05, 0) is 59.9 Å². The summed E-state index contributed by atoms with van der Waals surface area (Å²) in [7, 11) is -3.29. The molecule has 0 radical (unpaired) electrons. The lowest BCUT2D eigenvalue weighted by molar-refractivity contribution is -0.137. The highest BCUT2D eigenvalue weighted by Gasteiger charge is 2.31. The Hall–Kier alpha value is -3.34. The molecule has 11 heteroatoms. The zero-order valence-corrected chi connectivity index (χ0v) is 22.0. The molecule has 0 spiro atoms. The van der Waals surface area contributed by atoms with E-state index in [4.69, 9.17) is 4.74 Å². The van der Waals surface area contributed by atoms with Crippen molar-refractivity contribution in [2.45, 2.75) is 38.9 Å². The number of ether oxygens (including phenoxy) is 1. The van der Waals surface area contributed by atoms with Gasteiger partial charge < -0.3 is 14.5 Å². The lowest BCUT2D eigenvalue weighted by atomic mass is 9.87. The van der Waals surface area contributed by atoms with Gasteiger partial charge in [0.05, 0.1) is 11.3 Å². The molecule has 0 unspecified atom stereocenters. The maximum absolute atomic E-state index is 13.0. The third-order valence-corrected chi connectivity index (χ3v) is 7.74. The lowest BCUT2D eigenvalue weighted by Gasteiger charge is -2.33. The highest BCUT2D eigenvalue weighted by Crippen LogP contribution is 2.40. The molecule has 0 aliphatic carbocycles. The maximum atomic E-state index is 13.0. The van der Waals surface area contributed by atoms with Gasteiger partial charge in [0.1, 0.15) is 21.3 Å². The summed E-state index contributed by atoms with van der Waals surface area (Å²) in [6, 6.07) is 8.12. The maximum Gasteiger partial charge on any atom is 0.416 e. The summed E-state index contributed by atoms with van der Waals surface area (Å²) < 4.78 is 68.2. The van der Waals surface area contributed by atoms with E-state index >= 15 is 0 Å². The van der Waals surface area contributed by atoms with Crippen molar-refractivity contribution < 1.29 is 35.9 Å². The largest absolute Gasteiger partial charge is 0.457 e. The Morgan fingerprint density at radius 3 is 2.26 bits per heavy atom. The number of benzene rings is 2. The molecule has 0 N–H and O–H groups in total. The highest BCUT2D eigenvalue weighted by atomic mass is 32.2. The van der Waals surface area contributed by atoms with Crippen molar-refractivity contribution in [2.24, 2.45) is 0 Å². The van der Waals surface area contributed by atoms with Crippen molar-refractivity contribution >= 4 is 27.2 Å². The number of amides is 2. The number of carbonyl (C=O) groups excluding carboxylic acids is 2. The average molecular weight is 551 g/mol. The van der Waals surface area contributed by atoms with Crippen LogP contribution in [-0.4, -0.2) is 61.7 Å². The SMILES string of the molecule is CC(=O)N1CC=C(c2c(Oc3ccc(C(F)(F)F)cc3)ccc3c2CN(C(=O)CCS(C)(=O)=O)CC3)CC1. The molecule has 2 heterocycles.